The quantitative estimate of drug-likeness (QED) is 0.387. The number of hydrogen-bond donors (Lipinski definition) is 2. The zero-order valence-electron chi connectivity index (χ0n) is 16.6. The van der Waals surface area contributed by atoms with Gasteiger partial charge in [-0.05, 0) is 61.7 Å². The van der Waals surface area contributed by atoms with Crippen molar-refractivity contribution in [1.82, 2.24) is 5.43 Å². The van der Waals surface area contributed by atoms with Gasteiger partial charge in [-0.3, -0.25) is 9.59 Å². The van der Waals surface area contributed by atoms with Crippen molar-refractivity contribution in [3.8, 4) is 11.5 Å². The first kappa shape index (κ1) is 22.2. The Balaban J connectivity index is 1.96. The number of ether oxygens (including phenoxy) is 2. The minimum atomic E-state index is -0.897. The van der Waals surface area contributed by atoms with Crippen molar-refractivity contribution in [1.29, 1.82) is 0 Å². The number of rotatable bonds is 8. The van der Waals surface area contributed by atoms with Crippen LogP contribution in [0, 0.1) is 6.92 Å². The Bertz CT molecular complexity index is 899. The van der Waals surface area contributed by atoms with Crippen molar-refractivity contribution in [2.45, 2.75) is 27.2 Å². The van der Waals surface area contributed by atoms with E-state index in [9.17, 15) is 9.59 Å². The number of hydrogen-bond acceptors (Lipinski definition) is 5. The first-order valence-electron chi connectivity index (χ1n) is 9.24. The van der Waals surface area contributed by atoms with Crippen LogP contribution in [0.3, 0.4) is 0 Å². The molecule has 2 aromatic carbocycles. The molecule has 8 heteroatoms. The number of benzene rings is 2. The molecule has 0 aliphatic rings. The molecule has 0 unspecified atom stereocenters. The number of carbonyl (C=O) groups excluding carboxylic acids is 2. The van der Waals surface area contributed by atoms with Gasteiger partial charge in [0.05, 0.1) is 19.4 Å². The van der Waals surface area contributed by atoms with E-state index in [1.54, 1.807) is 36.4 Å². The highest BCUT2D eigenvalue weighted by Crippen LogP contribution is 2.28. The largest absolute Gasteiger partial charge is 0.490 e. The lowest BCUT2D eigenvalue weighted by atomic mass is 10.2. The van der Waals surface area contributed by atoms with E-state index in [4.69, 9.17) is 21.1 Å². The molecule has 0 saturated carbocycles. The van der Waals surface area contributed by atoms with Gasteiger partial charge in [0.1, 0.15) is 0 Å². The molecule has 0 heterocycles. The third-order valence-electron chi connectivity index (χ3n) is 3.74. The molecule has 2 aromatic rings. The summed E-state index contributed by atoms with van der Waals surface area (Å²) in [5, 5.41) is 6.78. The van der Waals surface area contributed by atoms with E-state index in [1.807, 2.05) is 20.8 Å². The van der Waals surface area contributed by atoms with E-state index in [0.29, 0.717) is 41.0 Å². The predicted molar refractivity (Wildman–Crippen MR) is 114 cm³/mol. The highest BCUT2D eigenvalue weighted by Gasteiger charge is 2.13. The van der Waals surface area contributed by atoms with Crippen molar-refractivity contribution >= 4 is 35.3 Å². The third-order valence-corrected chi connectivity index (χ3v) is 4.15. The van der Waals surface area contributed by atoms with Gasteiger partial charge in [0.15, 0.2) is 11.5 Å². The smallest absolute Gasteiger partial charge is 0.329 e. The lowest BCUT2D eigenvalue weighted by Crippen LogP contribution is -2.32. The number of anilines is 1. The molecule has 29 heavy (non-hydrogen) atoms. The van der Waals surface area contributed by atoms with Gasteiger partial charge in [0.2, 0.25) is 0 Å². The van der Waals surface area contributed by atoms with Crippen LogP contribution in [0.25, 0.3) is 0 Å². The van der Waals surface area contributed by atoms with Gasteiger partial charge in [-0.2, -0.15) is 5.10 Å². The number of halogens is 1. The first-order chi connectivity index (χ1) is 13.9. The maximum Gasteiger partial charge on any atom is 0.329 e. The Morgan fingerprint density at radius 2 is 1.86 bits per heavy atom. The summed E-state index contributed by atoms with van der Waals surface area (Å²) in [7, 11) is 0. The van der Waals surface area contributed by atoms with Crippen LogP contribution in [0.1, 0.15) is 31.4 Å². The number of nitrogens with zero attached hydrogens (tertiary/aromatic N) is 1. The van der Waals surface area contributed by atoms with Gasteiger partial charge in [0, 0.05) is 10.7 Å². The molecule has 0 fully saturated rings. The highest BCUT2D eigenvalue weighted by molar-refractivity contribution is 6.39. The Labute approximate surface area is 175 Å². The second kappa shape index (κ2) is 11.1. The average molecular weight is 418 g/mol. The second-order valence-corrected chi connectivity index (χ2v) is 6.51. The van der Waals surface area contributed by atoms with E-state index in [1.165, 1.54) is 6.21 Å². The first-order valence-corrected chi connectivity index (χ1v) is 9.62. The SMILES string of the molecule is CCCOc1ccc(/C=N\NC(=O)C(=O)Nc2ccc(C)c(Cl)c2)cc1OCC. The van der Waals surface area contributed by atoms with Crippen LogP contribution in [-0.4, -0.2) is 31.2 Å². The van der Waals surface area contributed by atoms with Gasteiger partial charge < -0.3 is 14.8 Å². The Morgan fingerprint density at radius 1 is 1.07 bits per heavy atom. The normalized spacial score (nSPS) is 10.6. The number of amides is 2. The van der Waals surface area contributed by atoms with Crippen LogP contribution >= 0.6 is 11.6 Å². The van der Waals surface area contributed by atoms with Crippen LogP contribution in [-0.2, 0) is 9.59 Å². The summed E-state index contributed by atoms with van der Waals surface area (Å²) in [6.45, 7) is 6.82. The van der Waals surface area contributed by atoms with E-state index < -0.39 is 11.8 Å². The zero-order valence-corrected chi connectivity index (χ0v) is 17.4. The molecule has 2 amide bonds. The summed E-state index contributed by atoms with van der Waals surface area (Å²) < 4.78 is 11.2. The molecule has 0 bridgehead atoms. The van der Waals surface area contributed by atoms with Crippen LogP contribution in [0.4, 0.5) is 5.69 Å². The summed E-state index contributed by atoms with van der Waals surface area (Å²) in [5.74, 6) is -0.512. The van der Waals surface area contributed by atoms with Crippen molar-refractivity contribution in [2.24, 2.45) is 5.10 Å². The van der Waals surface area contributed by atoms with Crippen LogP contribution in [0.5, 0.6) is 11.5 Å². The lowest BCUT2D eigenvalue weighted by Gasteiger charge is -2.11. The molecule has 0 spiro atoms. The molecule has 0 saturated heterocycles. The lowest BCUT2D eigenvalue weighted by molar-refractivity contribution is -0.136. The highest BCUT2D eigenvalue weighted by atomic mass is 35.5. The van der Waals surface area contributed by atoms with Gasteiger partial charge in [-0.15, -0.1) is 0 Å². The summed E-state index contributed by atoms with van der Waals surface area (Å²) in [6, 6.07) is 10.3. The molecule has 0 aromatic heterocycles. The molecular weight excluding hydrogens is 394 g/mol. The van der Waals surface area contributed by atoms with Crippen molar-refractivity contribution in [3.05, 3.63) is 52.5 Å². The molecule has 154 valence electrons. The minimum Gasteiger partial charge on any atom is -0.490 e. The van der Waals surface area contributed by atoms with Gasteiger partial charge >= 0.3 is 11.8 Å². The summed E-state index contributed by atoms with van der Waals surface area (Å²) in [4.78, 5) is 23.9. The summed E-state index contributed by atoms with van der Waals surface area (Å²) >= 11 is 6.01. The number of aryl methyl sites for hydroxylation is 1. The summed E-state index contributed by atoms with van der Waals surface area (Å²) in [6.07, 6.45) is 2.30. The Hall–Kier alpha value is -3.06. The molecule has 0 aliphatic carbocycles. The fraction of sp³-hybridized carbons (Fsp3) is 0.286. The molecule has 2 rings (SSSR count). The minimum absolute atomic E-state index is 0.425. The monoisotopic (exact) mass is 417 g/mol. The number of hydrazone groups is 1. The predicted octanol–water partition coefficient (Wildman–Crippen LogP) is 3.92. The van der Waals surface area contributed by atoms with Gasteiger partial charge in [-0.1, -0.05) is 24.6 Å². The topological polar surface area (TPSA) is 89.0 Å². The van der Waals surface area contributed by atoms with Crippen molar-refractivity contribution < 1.29 is 19.1 Å². The zero-order chi connectivity index (χ0) is 21.2. The van der Waals surface area contributed by atoms with Gasteiger partial charge in [-0.25, -0.2) is 5.43 Å². The number of carbonyl (C=O) groups is 2. The van der Waals surface area contributed by atoms with E-state index >= 15 is 0 Å². The number of nitrogens with one attached hydrogen (secondary N) is 2. The van der Waals surface area contributed by atoms with E-state index in [-0.39, 0.29) is 0 Å². The molecule has 2 N–H and O–H groups in total. The maximum absolute atomic E-state index is 12.0. The van der Waals surface area contributed by atoms with Crippen molar-refractivity contribution in [2.75, 3.05) is 18.5 Å². The Morgan fingerprint density at radius 3 is 2.55 bits per heavy atom. The molecule has 7 nitrogen and oxygen atoms in total. The van der Waals surface area contributed by atoms with Crippen LogP contribution < -0.4 is 20.2 Å². The van der Waals surface area contributed by atoms with E-state index in [2.05, 4.69) is 15.8 Å². The third kappa shape index (κ3) is 6.80. The van der Waals surface area contributed by atoms with Crippen LogP contribution in [0.2, 0.25) is 5.02 Å². The van der Waals surface area contributed by atoms with E-state index in [0.717, 1.165) is 12.0 Å². The van der Waals surface area contributed by atoms with Crippen molar-refractivity contribution in [3.63, 3.8) is 0 Å². The second-order valence-electron chi connectivity index (χ2n) is 6.10. The fourth-order valence-electron chi connectivity index (χ4n) is 2.28. The Kier molecular flexibility index (Phi) is 8.48. The molecule has 0 aliphatic heterocycles. The van der Waals surface area contributed by atoms with Crippen LogP contribution in [0.15, 0.2) is 41.5 Å². The molecule has 0 radical (unpaired) electrons. The van der Waals surface area contributed by atoms with Gasteiger partial charge in [0.25, 0.3) is 0 Å². The summed E-state index contributed by atoms with van der Waals surface area (Å²) in [5.41, 5.74) is 4.17. The molecular formula is C21H24ClN3O4. The standard InChI is InChI=1S/C21H24ClN3O4/c1-4-10-29-18-9-7-15(11-19(18)28-5-2)13-23-25-21(27)20(26)24-16-8-6-14(3)17(22)12-16/h6-9,11-13H,4-5,10H2,1-3H3,(H,24,26)(H,25,27)/b23-13-. The molecule has 0 atom stereocenters. The average Bonchev–Trinajstić information content (AvgIpc) is 2.70. The fourth-order valence-corrected chi connectivity index (χ4v) is 2.46. The maximum atomic E-state index is 12.0.